The van der Waals surface area contributed by atoms with E-state index in [1.807, 2.05) is 42.5 Å². The zero-order chi connectivity index (χ0) is 15.8. The van der Waals surface area contributed by atoms with Gasteiger partial charge in [-0.1, -0.05) is 30.3 Å². The van der Waals surface area contributed by atoms with Crippen LogP contribution in [0.1, 0.15) is 11.1 Å². The Hall–Kier alpha value is -1.27. The number of benzene rings is 2. The SMILES string of the molecule is COc1cc(CNCCO)cc(Br)c1OCc1ccccc1.[Cl-]. The zero-order valence-electron chi connectivity index (χ0n) is 12.9. The van der Waals surface area contributed by atoms with Crippen molar-refractivity contribution in [2.75, 3.05) is 20.3 Å². The molecule has 4 nitrogen and oxygen atoms in total. The fourth-order valence-corrected chi connectivity index (χ4v) is 2.66. The van der Waals surface area contributed by atoms with Gasteiger partial charge >= 0.3 is 0 Å². The molecule has 0 radical (unpaired) electrons. The molecule has 2 aromatic rings. The highest BCUT2D eigenvalue weighted by atomic mass is 79.9. The van der Waals surface area contributed by atoms with Gasteiger partial charge in [-0.05, 0) is 39.2 Å². The van der Waals surface area contributed by atoms with Gasteiger partial charge < -0.3 is 32.3 Å². The summed E-state index contributed by atoms with van der Waals surface area (Å²) < 4.78 is 12.2. The number of aliphatic hydroxyl groups is 1. The molecule has 0 heterocycles. The van der Waals surface area contributed by atoms with Crippen molar-refractivity contribution in [3.63, 3.8) is 0 Å². The fourth-order valence-electron chi connectivity index (χ4n) is 2.06. The highest BCUT2D eigenvalue weighted by molar-refractivity contribution is 9.10. The van der Waals surface area contributed by atoms with E-state index in [0.29, 0.717) is 31.2 Å². The van der Waals surface area contributed by atoms with Crippen molar-refractivity contribution in [1.82, 2.24) is 5.32 Å². The van der Waals surface area contributed by atoms with Crippen LogP contribution in [0.25, 0.3) is 0 Å². The molecule has 2 aromatic carbocycles. The van der Waals surface area contributed by atoms with Crippen molar-refractivity contribution in [2.24, 2.45) is 0 Å². The number of ether oxygens (including phenoxy) is 2. The molecule has 6 heteroatoms. The average molecular weight is 402 g/mol. The monoisotopic (exact) mass is 400 g/mol. The van der Waals surface area contributed by atoms with E-state index in [2.05, 4.69) is 21.2 Å². The molecule has 0 aliphatic carbocycles. The number of aliphatic hydroxyl groups excluding tert-OH is 1. The van der Waals surface area contributed by atoms with E-state index in [0.717, 1.165) is 15.6 Å². The van der Waals surface area contributed by atoms with Gasteiger partial charge in [-0.3, -0.25) is 0 Å². The first-order chi connectivity index (χ1) is 10.7. The van der Waals surface area contributed by atoms with E-state index in [1.165, 1.54) is 0 Å². The summed E-state index contributed by atoms with van der Waals surface area (Å²) in [5, 5.41) is 11.9. The molecule has 0 bridgehead atoms. The molecular formula is C17H20BrClNO3-. The standard InChI is InChI=1S/C17H20BrNO3.ClH/c1-21-16-10-14(11-19-7-8-20)9-15(18)17(16)22-12-13-5-3-2-4-6-13;/h2-6,9-10,19-20H,7-8,11-12H2,1H3;1H/p-1. The number of methoxy groups -OCH3 is 1. The minimum Gasteiger partial charge on any atom is -1.00 e. The van der Waals surface area contributed by atoms with Crippen LogP contribution >= 0.6 is 15.9 Å². The van der Waals surface area contributed by atoms with E-state index >= 15 is 0 Å². The van der Waals surface area contributed by atoms with Crippen LogP contribution in [0.2, 0.25) is 0 Å². The normalized spacial score (nSPS) is 10.0. The summed E-state index contributed by atoms with van der Waals surface area (Å²) in [7, 11) is 1.63. The Kier molecular flexibility index (Phi) is 9.02. The Labute approximate surface area is 151 Å². The topological polar surface area (TPSA) is 50.7 Å². The molecule has 0 saturated heterocycles. The molecule has 0 aliphatic heterocycles. The van der Waals surface area contributed by atoms with E-state index in [-0.39, 0.29) is 19.0 Å². The fraction of sp³-hybridized carbons (Fsp3) is 0.294. The van der Waals surface area contributed by atoms with Gasteiger partial charge in [-0.2, -0.15) is 0 Å². The third-order valence-corrected chi connectivity index (χ3v) is 3.72. The Morgan fingerprint density at radius 2 is 1.87 bits per heavy atom. The summed E-state index contributed by atoms with van der Waals surface area (Å²) in [5.41, 5.74) is 2.16. The van der Waals surface area contributed by atoms with Gasteiger partial charge in [0, 0.05) is 13.1 Å². The van der Waals surface area contributed by atoms with E-state index in [1.54, 1.807) is 7.11 Å². The molecule has 2 N–H and O–H groups in total. The molecule has 0 amide bonds. The minimum absolute atomic E-state index is 0. The first kappa shape index (κ1) is 19.8. The number of hydrogen-bond acceptors (Lipinski definition) is 4. The highest BCUT2D eigenvalue weighted by Crippen LogP contribution is 2.37. The molecule has 0 fully saturated rings. The van der Waals surface area contributed by atoms with Crippen molar-refractivity contribution < 1.29 is 27.0 Å². The van der Waals surface area contributed by atoms with Gasteiger partial charge in [0.25, 0.3) is 0 Å². The van der Waals surface area contributed by atoms with Crippen LogP contribution in [0.3, 0.4) is 0 Å². The second-order valence-electron chi connectivity index (χ2n) is 4.78. The Balaban J connectivity index is 0.00000264. The third-order valence-electron chi connectivity index (χ3n) is 3.13. The lowest BCUT2D eigenvalue weighted by atomic mass is 10.2. The lowest BCUT2D eigenvalue weighted by molar-refractivity contribution is -0.00000600. The van der Waals surface area contributed by atoms with Crippen LogP contribution in [-0.2, 0) is 13.2 Å². The summed E-state index contributed by atoms with van der Waals surface area (Å²) in [5.74, 6) is 1.38. The molecule has 23 heavy (non-hydrogen) atoms. The van der Waals surface area contributed by atoms with Gasteiger partial charge in [0.05, 0.1) is 18.2 Å². The first-order valence-corrected chi connectivity index (χ1v) is 7.88. The van der Waals surface area contributed by atoms with Gasteiger partial charge in [-0.15, -0.1) is 0 Å². The maximum absolute atomic E-state index is 8.81. The van der Waals surface area contributed by atoms with Crippen molar-refractivity contribution in [3.8, 4) is 11.5 Å². The summed E-state index contributed by atoms with van der Waals surface area (Å²) >= 11 is 3.54. The highest BCUT2D eigenvalue weighted by Gasteiger charge is 2.12. The Bertz CT molecular complexity index is 596. The Morgan fingerprint density at radius 3 is 2.52 bits per heavy atom. The maximum atomic E-state index is 8.81. The van der Waals surface area contributed by atoms with Gasteiger partial charge in [-0.25, -0.2) is 0 Å². The summed E-state index contributed by atoms with van der Waals surface area (Å²) in [6, 6.07) is 13.9. The van der Waals surface area contributed by atoms with Crippen molar-refractivity contribution in [1.29, 1.82) is 0 Å². The van der Waals surface area contributed by atoms with Crippen LogP contribution in [0.5, 0.6) is 11.5 Å². The second kappa shape index (κ2) is 10.5. The molecule has 0 aromatic heterocycles. The molecular weight excluding hydrogens is 382 g/mol. The van der Waals surface area contributed by atoms with E-state index < -0.39 is 0 Å². The van der Waals surface area contributed by atoms with Gasteiger partial charge in [0.15, 0.2) is 11.5 Å². The van der Waals surface area contributed by atoms with Crippen LogP contribution in [0, 0.1) is 0 Å². The predicted octanol–water partition coefficient (Wildman–Crippen LogP) is 0.123. The third kappa shape index (κ3) is 6.03. The predicted molar refractivity (Wildman–Crippen MR) is 90.3 cm³/mol. The molecule has 0 aliphatic rings. The molecule has 2 rings (SSSR count). The summed E-state index contributed by atoms with van der Waals surface area (Å²) in [4.78, 5) is 0. The van der Waals surface area contributed by atoms with Crippen LogP contribution in [0.15, 0.2) is 46.9 Å². The van der Waals surface area contributed by atoms with Crippen LogP contribution < -0.4 is 27.2 Å². The van der Waals surface area contributed by atoms with Crippen molar-refractivity contribution >= 4 is 15.9 Å². The molecule has 0 saturated carbocycles. The van der Waals surface area contributed by atoms with Crippen LogP contribution in [-0.4, -0.2) is 25.4 Å². The smallest absolute Gasteiger partial charge is 0.175 e. The quantitative estimate of drug-likeness (QED) is 0.617. The molecule has 0 spiro atoms. The molecule has 0 unspecified atom stereocenters. The summed E-state index contributed by atoms with van der Waals surface area (Å²) in [6.45, 7) is 1.83. The number of halogens is 2. The largest absolute Gasteiger partial charge is 1.00 e. The molecule has 0 atom stereocenters. The summed E-state index contributed by atoms with van der Waals surface area (Å²) in [6.07, 6.45) is 0. The Morgan fingerprint density at radius 1 is 1.13 bits per heavy atom. The number of rotatable bonds is 8. The lowest BCUT2D eigenvalue weighted by Crippen LogP contribution is -3.00. The first-order valence-electron chi connectivity index (χ1n) is 7.09. The molecule has 126 valence electrons. The van der Waals surface area contributed by atoms with Gasteiger partial charge in [0.1, 0.15) is 6.61 Å². The van der Waals surface area contributed by atoms with E-state index in [9.17, 15) is 0 Å². The van der Waals surface area contributed by atoms with Crippen LogP contribution in [0.4, 0.5) is 0 Å². The maximum Gasteiger partial charge on any atom is 0.175 e. The van der Waals surface area contributed by atoms with Crippen molar-refractivity contribution in [2.45, 2.75) is 13.2 Å². The zero-order valence-corrected chi connectivity index (χ0v) is 15.2. The number of nitrogens with one attached hydrogen (secondary N) is 1. The van der Waals surface area contributed by atoms with Crippen molar-refractivity contribution in [3.05, 3.63) is 58.1 Å². The number of hydrogen-bond donors (Lipinski definition) is 2. The van der Waals surface area contributed by atoms with Gasteiger partial charge in [0.2, 0.25) is 0 Å². The minimum atomic E-state index is 0. The average Bonchev–Trinajstić information content (AvgIpc) is 2.54. The van der Waals surface area contributed by atoms with E-state index in [4.69, 9.17) is 14.6 Å². The lowest BCUT2D eigenvalue weighted by Gasteiger charge is -2.15. The second-order valence-corrected chi connectivity index (χ2v) is 5.64.